The number of anilines is 1. The van der Waals surface area contributed by atoms with E-state index in [4.69, 9.17) is 11.6 Å². The normalized spacial score (nSPS) is 12.7. The molecule has 0 amide bonds. The van der Waals surface area contributed by atoms with Crippen molar-refractivity contribution in [2.24, 2.45) is 7.05 Å². The van der Waals surface area contributed by atoms with Crippen molar-refractivity contribution in [3.05, 3.63) is 67.6 Å². The summed E-state index contributed by atoms with van der Waals surface area (Å²) >= 11 is 6.12. The van der Waals surface area contributed by atoms with Gasteiger partial charge in [-0.05, 0) is 57.0 Å². The number of hydrogen-bond donors (Lipinski definition) is 2. The molecule has 0 spiro atoms. The predicted molar refractivity (Wildman–Crippen MR) is 135 cm³/mol. The number of aryl methyl sites for hydroxylation is 2. The molecule has 35 heavy (non-hydrogen) atoms. The summed E-state index contributed by atoms with van der Waals surface area (Å²) in [5, 5.41) is 14.4. The lowest BCUT2D eigenvalue weighted by atomic mass is 9.95. The van der Waals surface area contributed by atoms with Gasteiger partial charge in [0.1, 0.15) is 16.5 Å². The molecule has 0 fully saturated rings. The highest BCUT2D eigenvalue weighted by atomic mass is 35.5. The first-order valence-corrected chi connectivity index (χ1v) is 11.5. The Morgan fingerprint density at radius 3 is 2.60 bits per heavy atom. The molecule has 1 aromatic carbocycles. The summed E-state index contributed by atoms with van der Waals surface area (Å²) in [4.78, 5) is 31.8. The molecule has 0 saturated heterocycles. The maximum atomic E-state index is 13.4. The van der Waals surface area contributed by atoms with Crippen LogP contribution in [0.3, 0.4) is 0 Å². The van der Waals surface area contributed by atoms with E-state index in [0.29, 0.717) is 16.8 Å². The predicted octanol–water partition coefficient (Wildman–Crippen LogP) is 4.34. The topological polar surface area (TPSA) is 124 Å². The summed E-state index contributed by atoms with van der Waals surface area (Å²) in [6.45, 7) is 8.02. The van der Waals surface area contributed by atoms with Crippen LogP contribution < -0.4 is 16.6 Å². The van der Waals surface area contributed by atoms with E-state index in [0.717, 1.165) is 27.5 Å². The molecule has 0 aliphatic carbocycles. The summed E-state index contributed by atoms with van der Waals surface area (Å²) in [5.41, 5.74) is 3.52. The van der Waals surface area contributed by atoms with Gasteiger partial charge in [-0.3, -0.25) is 18.9 Å². The number of nitrogens with one attached hydrogen (secondary N) is 2. The number of hydrogen-bond acceptors (Lipinski definition) is 7. The molecule has 5 rings (SSSR count). The van der Waals surface area contributed by atoms with Gasteiger partial charge in [0.25, 0.3) is 5.56 Å². The van der Waals surface area contributed by atoms with E-state index in [1.807, 2.05) is 44.6 Å². The lowest BCUT2D eigenvalue weighted by molar-refractivity contribution is 0.388. The number of nitrogens with zero attached hydrogens (tertiary/aromatic N) is 5. The average Bonchev–Trinajstić information content (AvgIpc) is 3.45. The Morgan fingerprint density at radius 1 is 1.14 bits per heavy atom. The molecule has 10 nitrogen and oxygen atoms in total. The molecule has 5 aromatic rings. The third kappa shape index (κ3) is 3.79. The SMILES string of the molecule is Cc1cc(C(C)Nc2ccc(Cl)nc2-c2noc(=O)[nH]2)c2c(c1)c(=O)n(C)c1c2cnn1C(C)C. The molecule has 1 atom stereocenters. The molecule has 0 aliphatic rings. The number of aromatic amines is 1. The number of pyridine rings is 2. The number of benzene rings is 1. The van der Waals surface area contributed by atoms with Crippen LogP contribution in [0, 0.1) is 6.92 Å². The van der Waals surface area contributed by atoms with E-state index >= 15 is 0 Å². The van der Waals surface area contributed by atoms with E-state index in [-0.39, 0.29) is 28.6 Å². The summed E-state index contributed by atoms with van der Waals surface area (Å²) in [7, 11) is 1.78. The van der Waals surface area contributed by atoms with E-state index < -0.39 is 5.76 Å². The molecule has 1 unspecified atom stereocenters. The minimum absolute atomic E-state index is 0.0823. The van der Waals surface area contributed by atoms with E-state index in [1.54, 1.807) is 23.7 Å². The first-order valence-electron chi connectivity index (χ1n) is 11.2. The lowest BCUT2D eigenvalue weighted by Crippen LogP contribution is -2.21. The van der Waals surface area contributed by atoms with Gasteiger partial charge >= 0.3 is 5.76 Å². The molecule has 180 valence electrons. The van der Waals surface area contributed by atoms with Gasteiger partial charge in [-0.25, -0.2) is 14.5 Å². The second-order valence-corrected chi connectivity index (χ2v) is 9.29. The Kier molecular flexibility index (Phi) is 5.47. The molecule has 2 N–H and O–H groups in total. The number of fused-ring (bicyclic) bond motifs is 3. The Bertz CT molecular complexity index is 1710. The summed E-state index contributed by atoms with van der Waals surface area (Å²) < 4.78 is 8.17. The Labute approximate surface area is 204 Å². The second-order valence-electron chi connectivity index (χ2n) is 8.90. The molecule has 0 bridgehead atoms. The monoisotopic (exact) mass is 493 g/mol. The molecule has 11 heteroatoms. The lowest BCUT2D eigenvalue weighted by Gasteiger charge is -2.21. The number of aromatic nitrogens is 6. The molecular weight excluding hydrogens is 470 g/mol. The zero-order valence-electron chi connectivity index (χ0n) is 19.9. The number of rotatable bonds is 5. The van der Waals surface area contributed by atoms with Gasteiger partial charge in [-0.1, -0.05) is 22.8 Å². The van der Waals surface area contributed by atoms with Crippen molar-refractivity contribution >= 4 is 39.1 Å². The van der Waals surface area contributed by atoms with Crippen LogP contribution in [0.1, 0.15) is 44.0 Å². The zero-order chi connectivity index (χ0) is 25.0. The first kappa shape index (κ1) is 22.9. The fraction of sp³-hybridized carbons (Fsp3) is 0.292. The molecule has 4 aromatic heterocycles. The van der Waals surface area contributed by atoms with Crippen LogP contribution in [-0.2, 0) is 7.05 Å². The Morgan fingerprint density at radius 2 is 1.91 bits per heavy atom. The van der Waals surface area contributed by atoms with Gasteiger partial charge < -0.3 is 5.32 Å². The minimum atomic E-state index is -0.689. The van der Waals surface area contributed by atoms with Crippen LogP contribution in [0.2, 0.25) is 5.15 Å². The van der Waals surface area contributed by atoms with E-state index in [2.05, 4.69) is 36.1 Å². The fourth-order valence-electron chi connectivity index (χ4n) is 4.52. The smallest absolute Gasteiger partial charge is 0.377 e. The molecule has 0 saturated carbocycles. The largest absolute Gasteiger partial charge is 0.439 e. The van der Waals surface area contributed by atoms with Gasteiger partial charge in [-0.15, -0.1) is 0 Å². The highest BCUT2D eigenvalue weighted by Crippen LogP contribution is 2.34. The minimum Gasteiger partial charge on any atom is -0.377 e. The van der Waals surface area contributed by atoms with Crippen LogP contribution in [0.15, 0.2) is 44.6 Å². The van der Waals surface area contributed by atoms with Gasteiger partial charge in [0.2, 0.25) is 5.82 Å². The van der Waals surface area contributed by atoms with Crippen molar-refractivity contribution < 1.29 is 4.52 Å². The Balaban J connectivity index is 1.71. The van der Waals surface area contributed by atoms with Crippen LogP contribution in [0.4, 0.5) is 5.69 Å². The van der Waals surface area contributed by atoms with Gasteiger partial charge in [-0.2, -0.15) is 5.10 Å². The summed E-state index contributed by atoms with van der Waals surface area (Å²) in [6.07, 6.45) is 1.82. The van der Waals surface area contributed by atoms with Crippen molar-refractivity contribution in [3.63, 3.8) is 0 Å². The van der Waals surface area contributed by atoms with Crippen LogP contribution >= 0.6 is 11.6 Å². The second kappa shape index (κ2) is 8.38. The van der Waals surface area contributed by atoms with Crippen LogP contribution in [0.5, 0.6) is 0 Å². The molecule has 4 heterocycles. The number of halogens is 1. The average molecular weight is 494 g/mol. The van der Waals surface area contributed by atoms with Crippen molar-refractivity contribution in [1.29, 1.82) is 0 Å². The van der Waals surface area contributed by atoms with Crippen molar-refractivity contribution in [2.45, 2.75) is 39.8 Å². The van der Waals surface area contributed by atoms with E-state index in [1.165, 1.54) is 0 Å². The molecule has 0 radical (unpaired) electrons. The summed E-state index contributed by atoms with van der Waals surface area (Å²) in [5.74, 6) is -0.526. The van der Waals surface area contributed by atoms with Gasteiger partial charge in [0.15, 0.2) is 0 Å². The fourth-order valence-corrected chi connectivity index (χ4v) is 4.67. The standard InChI is InChI=1S/C24H24ClN7O3/c1-11(2)32-22-16(10-26-32)19-14(8-12(3)9-15(19)23(33)31(22)5)13(4)27-17-6-7-18(25)28-20(17)21-29-24(34)35-30-21/h6-11,13,27H,1-5H3,(H,29,30,34). The zero-order valence-corrected chi connectivity index (χ0v) is 20.6. The van der Waals surface area contributed by atoms with Crippen molar-refractivity contribution in [2.75, 3.05) is 5.32 Å². The Hall–Kier alpha value is -3.92. The maximum Gasteiger partial charge on any atom is 0.439 e. The maximum absolute atomic E-state index is 13.4. The number of H-pyrrole nitrogens is 1. The summed E-state index contributed by atoms with van der Waals surface area (Å²) in [6, 6.07) is 7.22. The molecular formula is C24H24ClN7O3. The third-order valence-electron chi connectivity index (χ3n) is 6.06. The highest BCUT2D eigenvalue weighted by molar-refractivity contribution is 6.29. The van der Waals surface area contributed by atoms with Crippen LogP contribution in [-0.4, -0.2) is 29.5 Å². The quantitative estimate of drug-likeness (QED) is 0.349. The highest BCUT2D eigenvalue weighted by Gasteiger charge is 2.22. The van der Waals surface area contributed by atoms with E-state index in [9.17, 15) is 9.59 Å². The van der Waals surface area contributed by atoms with Gasteiger partial charge in [0.05, 0.1) is 11.9 Å². The molecule has 0 aliphatic heterocycles. The third-order valence-corrected chi connectivity index (χ3v) is 6.27. The van der Waals surface area contributed by atoms with Crippen molar-refractivity contribution in [1.82, 2.24) is 29.5 Å². The van der Waals surface area contributed by atoms with Crippen LogP contribution in [0.25, 0.3) is 33.3 Å². The van der Waals surface area contributed by atoms with Crippen molar-refractivity contribution in [3.8, 4) is 11.5 Å². The first-order chi connectivity index (χ1) is 16.7. The van der Waals surface area contributed by atoms with Gasteiger partial charge in [0, 0.05) is 35.3 Å².